The van der Waals surface area contributed by atoms with Crippen molar-refractivity contribution in [2.24, 2.45) is 10.9 Å². The van der Waals surface area contributed by atoms with Crippen LogP contribution in [0.3, 0.4) is 0 Å². The molecule has 0 saturated carbocycles. The van der Waals surface area contributed by atoms with Gasteiger partial charge in [-0.2, -0.15) is 0 Å². The second-order valence-electron chi connectivity index (χ2n) is 5.58. The number of amides is 4. The molecular weight excluding hydrogens is 507 g/mol. The number of primary amides is 1. The number of alkyl halides is 1. The predicted molar refractivity (Wildman–Crippen MR) is 103 cm³/mol. The Labute approximate surface area is 211 Å². The van der Waals surface area contributed by atoms with E-state index in [4.69, 9.17) is 17.3 Å². The summed E-state index contributed by atoms with van der Waals surface area (Å²) >= 11 is 6.32. The van der Waals surface area contributed by atoms with E-state index < -0.39 is 58.5 Å². The first-order valence-electron chi connectivity index (χ1n) is 7.94. The molecule has 0 aromatic carbocycles. The SMILES string of the molecule is CON=C(C(=O)NC1C(=O)N(S(=O)(=O)[O-])C1COC(N)=O)c1csc(NC(=O)CCl)n1.[Na+]. The van der Waals surface area contributed by atoms with E-state index in [1.165, 1.54) is 5.38 Å². The molecular formula is C13H14ClN6NaO9S2. The summed E-state index contributed by atoms with van der Waals surface area (Å²) in [6.07, 6.45) is -1.29. The van der Waals surface area contributed by atoms with Crippen LogP contribution in [0.5, 0.6) is 0 Å². The zero-order valence-corrected chi connectivity index (χ0v) is 20.8. The predicted octanol–water partition coefficient (Wildman–Crippen LogP) is -5.07. The minimum atomic E-state index is -5.24. The van der Waals surface area contributed by atoms with Crippen LogP contribution in [0, 0.1) is 0 Å². The molecule has 0 radical (unpaired) electrons. The molecule has 1 saturated heterocycles. The van der Waals surface area contributed by atoms with Crippen molar-refractivity contribution >= 4 is 67.9 Å². The van der Waals surface area contributed by atoms with Crippen LogP contribution in [0.15, 0.2) is 10.5 Å². The topological polar surface area (TPSA) is 223 Å². The van der Waals surface area contributed by atoms with Crippen LogP contribution in [-0.2, 0) is 34.3 Å². The van der Waals surface area contributed by atoms with E-state index in [-0.39, 0.29) is 50.6 Å². The number of oxime groups is 1. The van der Waals surface area contributed by atoms with Crippen molar-refractivity contribution in [1.29, 1.82) is 0 Å². The van der Waals surface area contributed by atoms with E-state index in [9.17, 15) is 32.1 Å². The Hall–Kier alpha value is -2.02. The first kappa shape index (κ1) is 28.0. The molecule has 0 bridgehead atoms. The zero-order chi connectivity index (χ0) is 23.3. The number of carbonyl (C=O) groups excluding carboxylic acids is 4. The van der Waals surface area contributed by atoms with Gasteiger partial charge < -0.3 is 30.5 Å². The minimum absolute atomic E-state index is 0. The summed E-state index contributed by atoms with van der Waals surface area (Å²) in [5.74, 6) is -3.17. The Kier molecular flexibility index (Phi) is 10.3. The Morgan fingerprint density at radius 1 is 1.44 bits per heavy atom. The van der Waals surface area contributed by atoms with Crippen molar-refractivity contribution in [3.63, 3.8) is 0 Å². The summed E-state index contributed by atoms with van der Waals surface area (Å²) in [5, 5.41) is 9.47. The molecule has 1 aromatic rings. The number of halogens is 1. The van der Waals surface area contributed by atoms with Gasteiger partial charge in [0.05, 0.1) is 0 Å². The number of aromatic nitrogens is 1. The first-order valence-corrected chi connectivity index (χ1v) is 10.7. The van der Waals surface area contributed by atoms with Gasteiger partial charge in [0.1, 0.15) is 37.4 Å². The van der Waals surface area contributed by atoms with Crippen molar-refractivity contribution in [1.82, 2.24) is 14.6 Å². The van der Waals surface area contributed by atoms with Gasteiger partial charge in [-0.3, -0.25) is 14.4 Å². The van der Waals surface area contributed by atoms with Crippen LogP contribution < -0.4 is 45.9 Å². The van der Waals surface area contributed by atoms with Gasteiger partial charge in [-0.1, -0.05) is 5.16 Å². The van der Waals surface area contributed by atoms with E-state index in [0.29, 0.717) is 0 Å². The minimum Gasteiger partial charge on any atom is -0.731 e. The molecule has 1 fully saturated rings. The van der Waals surface area contributed by atoms with Gasteiger partial charge >= 0.3 is 35.7 Å². The molecule has 19 heteroatoms. The summed E-state index contributed by atoms with van der Waals surface area (Å²) in [6, 6.07) is -3.07. The summed E-state index contributed by atoms with van der Waals surface area (Å²) in [6.45, 7) is -0.768. The van der Waals surface area contributed by atoms with Crippen molar-refractivity contribution in [3.05, 3.63) is 11.1 Å². The number of anilines is 1. The molecule has 4 amide bonds. The van der Waals surface area contributed by atoms with Crippen LogP contribution in [0.2, 0.25) is 0 Å². The molecule has 1 aliphatic rings. The van der Waals surface area contributed by atoms with Gasteiger partial charge in [-0.15, -0.1) is 22.9 Å². The fourth-order valence-corrected chi connectivity index (χ4v) is 4.01. The van der Waals surface area contributed by atoms with E-state index in [1.54, 1.807) is 0 Å². The quantitative estimate of drug-likeness (QED) is 0.0701. The largest absolute Gasteiger partial charge is 1.00 e. The third-order valence-corrected chi connectivity index (χ3v) is 5.54. The maximum atomic E-state index is 12.6. The second-order valence-corrected chi connectivity index (χ2v) is 7.96. The number of nitrogens with zero attached hydrogens (tertiary/aromatic N) is 3. The smallest absolute Gasteiger partial charge is 0.731 e. The number of hydrogen-bond donors (Lipinski definition) is 3. The van der Waals surface area contributed by atoms with Crippen molar-refractivity contribution in [2.45, 2.75) is 12.1 Å². The van der Waals surface area contributed by atoms with Gasteiger partial charge in [-0.25, -0.2) is 22.5 Å². The Morgan fingerprint density at radius 2 is 2.09 bits per heavy atom. The standard InChI is InChI=1S/C13H15ClN6O9S2.Na/c1-28-19-8(5-4-30-13(16-5)17-7(21)2-14)10(22)18-9-6(3-29-12(15)24)20(11(9)23)31(25,26)27;/h4,6,9H,2-3H2,1H3,(H2,15,24)(H,18,22)(H,16,17,21)(H,25,26,27);/q;+1/p-1. The maximum absolute atomic E-state index is 12.6. The Balaban J connectivity index is 0.00000512. The molecule has 4 N–H and O–H groups in total. The zero-order valence-electron chi connectivity index (χ0n) is 16.4. The first-order chi connectivity index (χ1) is 14.5. The van der Waals surface area contributed by atoms with E-state index in [1.807, 2.05) is 0 Å². The third kappa shape index (κ3) is 6.74. The van der Waals surface area contributed by atoms with Gasteiger partial charge in [0.25, 0.3) is 11.8 Å². The molecule has 0 aliphatic carbocycles. The maximum Gasteiger partial charge on any atom is 1.00 e. The number of rotatable bonds is 9. The molecule has 15 nitrogen and oxygen atoms in total. The van der Waals surface area contributed by atoms with Gasteiger partial charge in [0, 0.05) is 5.38 Å². The fourth-order valence-electron chi connectivity index (χ4n) is 2.38. The monoisotopic (exact) mass is 520 g/mol. The van der Waals surface area contributed by atoms with Gasteiger partial charge in [-0.05, 0) is 0 Å². The van der Waals surface area contributed by atoms with E-state index in [0.717, 1.165) is 18.4 Å². The number of carbonyl (C=O) groups is 4. The van der Waals surface area contributed by atoms with Gasteiger partial charge in [0.2, 0.25) is 5.91 Å². The normalized spacial score (nSPS) is 18.2. The van der Waals surface area contributed by atoms with Crippen LogP contribution in [0.1, 0.15) is 5.69 Å². The average Bonchev–Trinajstić information content (AvgIpc) is 3.13. The van der Waals surface area contributed by atoms with E-state index in [2.05, 4.69) is 30.3 Å². The summed E-state index contributed by atoms with van der Waals surface area (Å²) in [4.78, 5) is 55.4. The number of hydrogen-bond acceptors (Lipinski definition) is 12. The molecule has 2 heterocycles. The number of ether oxygens (including phenoxy) is 1. The fraction of sp³-hybridized carbons (Fsp3) is 0.385. The number of thiazole rings is 1. The molecule has 1 aliphatic heterocycles. The number of nitrogens with one attached hydrogen (secondary N) is 2. The third-order valence-electron chi connectivity index (χ3n) is 3.61. The average molecular weight is 521 g/mol. The second kappa shape index (κ2) is 11.7. The molecule has 2 rings (SSSR count). The van der Waals surface area contributed by atoms with Crippen molar-refractivity contribution < 1.29 is 71.3 Å². The Morgan fingerprint density at radius 3 is 2.62 bits per heavy atom. The van der Waals surface area contributed by atoms with Crippen LogP contribution in [0.4, 0.5) is 9.93 Å². The van der Waals surface area contributed by atoms with Crippen LogP contribution in [-0.4, -0.2) is 83.5 Å². The summed E-state index contributed by atoms with van der Waals surface area (Å²) in [5.41, 5.74) is 4.31. The Bertz CT molecular complexity index is 1030. The van der Waals surface area contributed by atoms with Crippen LogP contribution >= 0.6 is 22.9 Å². The molecule has 0 spiro atoms. The van der Waals surface area contributed by atoms with Crippen LogP contribution in [0.25, 0.3) is 0 Å². The summed E-state index contributed by atoms with van der Waals surface area (Å²) < 4.78 is 38.1. The van der Waals surface area contributed by atoms with Crippen molar-refractivity contribution in [3.8, 4) is 0 Å². The molecule has 2 unspecified atom stereocenters. The molecule has 32 heavy (non-hydrogen) atoms. The molecule has 170 valence electrons. The number of β-lactam (4-membered cyclic amide) rings is 1. The number of nitrogens with two attached hydrogens (primary N) is 1. The summed E-state index contributed by atoms with van der Waals surface area (Å²) in [7, 11) is -4.12. The van der Waals surface area contributed by atoms with Gasteiger partial charge in [0.15, 0.2) is 21.1 Å². The van der Waals surface area contributed by atoms with Crippen molar-refractivity contribution in [2.75, 3.05) is 24.9 Å². The van der Waals surface area contributed by atoms with E-state index >= 15 is 0 Å². The molecule has 1 aromatic heterocycles. The molecule has 2 atom stereocenters.